The molecule has 110 valence electrons. The number of nitrogens with one attached hydrogen (secondary N) is 1. The number of nitrogens with two attached hydrogens (primary N) is 1. The molecule has 0 spiro atoms. The van der Waals surface area contributed by atoms with Crippen molar-refractivity contribution < 1.29 is 5.11 Å². The third kappa shape index (κ3) is 2.69. The molecule has 1 saturated heterocycles. The van der Waals surface area contributed by atoms with Gasteiger partial charge in [-0.25, -0.2) is 4.98 Å². The predicted molar refractivity (Wildman–Crippen MR) is 84.8 cm³/mol. The molecule has 1 aliphatic heterocycles. The van der Waals surface area contributed by atoms with Crippen molar-refractivity contribution in [3.8, 4) is 0 Å². The lowest BCUT2D eigenvalue weighted by molar-refractivity contribution is 0.203. The van der Waals surface area contributed by atoms with Crippen LogP contribution in [-0.2, 0) is 0 Å². The molecule has 0 bridgehead atoms. The van der Waals surface area contributed by atoms with E-state index in [4.69, 9.17) is 16.1 Å². The van der Waals surface area contributed by atoms with E-state index < -0.39 is 0 Å². The first-order chi connectivity index (χ1) is 10.2. The number of anilines is 1. The van der Waals surface area contributed by atoms with Crippen LogP contribution in [0.4, 0.5) is 5.82 Å². The summed E-state index contributed by atoms with van der Waals surface area (Å²) in [4.78, 5) is 6.92. The number of hydrogen-bond donors (Lipinski definition) is 3. The van der Waals surface area contributed by atoms with E-state index >= 15 is 0 Å². The van der Waals surface area contributed by atoms with E-state index in [9.17, 15) is 5.11 Å². The van der Waals surface area contributed by atoms with Crippen molar-refractivity contribution in [3.05, 3.63) is 35.9 Å². The monoisotopic (exact) mass is 284 g/mol. The number of amidine groups is 1. The molecule has 1 aliphatic rings. The van der Waals surface area contributed by atoms with Crippen molar-refractivity contribution >= 4 is 22.6 Å². The first-order valence-electron chi connectivity index (χ1n) is 7.29. The van der Waals surface area contributed by atoms with Crippen LogP contribution in [0.15, 0.2) is 30.3 Å². The molecule has 0 aliphatic carbocycles. The minimum absolute atomic E-state index is 0.0695. The second kappa shape index (κ2) is 5.69. The summed E-state index contributed by atoms with van der Waals surface area (Å²) in [6.45, 7) is 2.03. The lowest BCUT2D eigenvalue weighted by Crippen LogP contribution is -2.35. The number of para-hydroxylation sites is 1. The molecule has 0 amide bonds. The lowest BCUT2D eigenvalue weighted by atomic mass is 9.97. The maximum atomic E-state index is 9.23. The van der Waals surface area contributed by atoms with Gasteiger partial charge in [-0.1, -0.05) is 18.2 Å². The molecule has 5 heteroatoms. The SMILES string of the molecule is N=C(N)c1cc(N2CCC(CO)CC2)nc2ccccc12. The number of pyridine rings is 1. The minimum atomic E-state index is 0.0695. The molecule has 2 aromatic rings. The maximum Gasteiger partial charge on any atom is 0.129 e. The Morgan fingerprint density at radius 3 is 2.71 bits per heavy atom. The molecule has 1 aromatic carbocycles. The first-order valence-corrected chi connectivity index (χ1v) is 7.29. The van der Waals surface area contributed by atoms with Gasteiger partial charge in [0.05, 0.1) is 5.52 Å². The van der Waals surface area contributed by atoms with Crippen LogP contribution in [0, 0.1) is 11.3 Å². The van der Waals surface area contributed by atoms with Gasteiger partial charge in [0.15, 0.2) is 0 Å². The molecular weight excluding hydrogens is 264 g/mol. The number of nitrogens with zero attached hydrogens (tertiary/aromatic N) is 2. The summed E-state index contributed by atoms with van der Waals surface area (Å²) in [7, 11) is 0. The fourth-order valence-corrected chi connectivity index (χ4v) is 2.89. The molecular formula is C16H20N4O. The van der Waals surface area contributed by atoms with Crippen molar-refractivity contribution in [1.82, 2.24) is 4.98 Å². The Labute approximate surface area is 123 Å². The Kier molecular flexibility index (Phi) is 3.75. The molecule has 4 N–H and O–H groups in total. The van der Waals surface area contributed by atoms with E-state index in [0.29, 0.717) is 5.92 Å². The number of aliphatic hydroxyl groups excluding tert-OH is 1. The Bertz CT molecular complexity index is 662. The summed E-state index contributed by atoms with van der Waals surface area (Å²) in [5.41, 5.74) is 7.33. The van der Waals surface area contributed by atoms with E-state index in [1.54, 1.807) is 0 Å². The van der Waals surface area contributed by atoms with Crippen LogP contribution >= 0.6 is 0 Å². The van der Waals surface area contributed by atoms with Crippen LogP contribution in [0.3, 0.4) is 0 Å². The van der Waals surface area contributed by atoms with E-state index in [1.165, 1.54) is 0 Å². The number of aromatic nitrogens is 1. The van der Waals surface area contributed by atoms with Crippen LogP contribution in [-0.4, -0.2) is 35.6 Å². The molecule has 1 fully saturated rings. The fourth-order valence-electron chi connectivity index (χ4n) is 2.89. The minimum Gasteiger partial charge on any atom is -0.396 e. The zero-order valence-corrected chi connectivity index (χ0v) is 11.9. The number of fused-ring (bicyclic) bond motifs is 1. The molecule has 3 rings (SSSR count). The van der Waals surface area contributed by atoms with Gasteiger partial charge in [0.1, 0.15) is 11.7 Å². The third-order valence-electron chi connectivity index (χ3n) is 4.19. The normalized spacial score (nSPS) is 16.3. The number of piperidine rings is 1. The molecule has 0 saturated carbocycles. The van der Waals surface area contributed by atoms with E-state index in [-0.39, 0.29) is 12.4 Å². The van der Waals surface area contributed by atoms with Crippen molar-refractivity contribution in [2.75, 3.05) is 24.6 Å². The highest BCUT2D eigenvalue weighted by molar-refractivity contribution is 6.07. The second-order valence-corrected chi connectivity index (χ2v) is 5.57. The molecule has 1 aromatic heterocycles. The zero-order chi connectivity index (χ0) is 14.8. The average molecular weight is 284 g/mol. The standard InChI is InChI=1S/C16H20N4O/c17-16(18)13-9-15(19-14-4-2-1-3-12(13)14)20-7-5-11(10-21)6-8-20/h1-4,9,11,21H,5-8,10H2,(H3,17,18). The molecule has 5 nitrogen and oxygen atoms in total. The lowest BCUT2D eigenvalue weighted by Gasteiger charge is -2.32. The van der Waals surface area contributed by atoms with Gasteiger partial charge in [-0.3, -0.25) is 5.41 Å². The van der Waals surface area contributed by atoms with Crippen LogP contribution in [0.1, 0.15) is 18.4 Å². The summed E-state index contributed by atoms with van der Waals surface area (Å²) in [5, 5.41) is 17.9. The largest absolute Gasteiger partial charge is 0.396 e. The van der Waals surface area contributed by atoms with Gasteiger partial charge < -0.3 is 15.7 Å². The van der Waals surface area contributed by atoms with Crippen LogP contribution in [0.5, 0.6) is 0 Å². The summed E-state index contributed by atoms with van der Waals surface area (Å²) in [6, 6.07) is 9.68. The maximum absolute atomic E-state index is 9.23. The van der Waals surface area contributed by atoms with Crippen LogP contribution < -0.4 is 10.6 Å². The molecule has 2 heterocycles. The van der Waals surface area contributed by atoms with Crippen LogP contribution in [0.2, 0.25) is 0 Å². The van der Waals surface area contributed by atoms with E-state index in [2.05, 4.69) is 4.90 Å². The Morgan fingerprint density at radius 2 is 2.05 bits per heavy atom. The van der Waals surface area contributed by atoms with Crippen molar-refractivity contribution in [3.63, 3.8) is 0 Å². The van der Waals surface area contributed by atoms with Gasteiger partial charge in [0.25, 0.3) is 0 Å². The highest BCUT2D eigenvalue weighted by Gasteiger charge is 2.20. The highest BCUT2D eigenvalue weighted by atomic mass is 16.3. The topological polar surface area (TPSA) is 86.2 Å². The number of rotatable bonds is 3. The smallest absolute Gasteiger partial charge is 0.129 e. The van der Waals surface area contributed by atoms with E-state index in [0.717, 1.165) is 48.2 Å². The van der Waals surface area contributed by atoms with Crippen LogP contribution in [0.25, 0.3) is 10.9 Å². The Balaban J connectivity index is 1.98. The quantitative estimate of drug-likeness (QED) is 0.592. The summed E-state index contributed by atoms with van der Waals surface area (Å²) in [5.74, 6) is 1.34. The van der Waals surface area contributed by atoms with Gasteiger partial charge >= 0.3 is 0 Å². The van der Waals surface area contributed by atoms with Crippen molar-refractivity contribution in [2.24, 2.45) is 11.7 Å². The van der Waals surface area contributed by atoms with Gasteiger partial charge in [-0.05, 0) is 30.9 Å². The molecule has 0 unspecified atom stereocenters. The Hall–Kier alpha value is -2.14. The molecule has 0 radical (unpaired) electrons. The number of aliphatic hydroxyl groups is 1. The molecule has 0 atom stereocenters. The highest BCUT2D eigenvalue weighted by Crippen LogP contribution is 2.26. The second-order valence-electron chi connectivity index (χ2n) is 5.57. The third-order valence-corrected chi connectivity index (χ3v) is 4.19. The number of hydrogen-bond acceptors (Lipinski definition) is 4. The Morgan fingerprint density at radius 1 is 1.33 bits per heavy atom. The summed E-state index contributed by atoms with van der Waals surface area (Å²) < 4.78 is 0. The summed E-state index contributed by atoms with van der Waals surface area (Å²) >= 11 is 0. The zero-order valence-electron chi connectivity index (χ0n) is 11.9. The first kappa shape index (κ1) is 13.8. The van der Waals surface area contributed by atoms with E-state index in [1.807, 2.05) is 30.3 Å². The fraction of sp³-hybridized carbons (Fsp3) is 0.375. The number of nitrogen functional groups attached to an aromatic ring is 1. The number of benzene rings is 1. The van der Waals surface area contributed by atoms with Gasteiger partial charge in [0.2, 0.25) is 0 Å². The molecule has 21 heavy (non-hydrogen) atoms. The van der Waals surface area contributed by atoms with Crippen molar-refractivity contribution in [1.29, 1.82) is 5.41 Å². The average Bonchev–Trinajstić information content (AvgIpc) is 2.53. The van der Waals surface area contributed by atoms with Gasteiger partial charge in [-0.15, -0.1) is 0 Å². The van der Waals surface area contributed by atoms with Gasteiger partial charge in [-0.2, -0.15) is 0 Å². The predicted octanol–water partition coefficient (Wildman–Crippen LogP) is 1.73. The van der Waals surface area contributed by atoms with Crippen molar-refractivity contribution in [2.45, 2.75) is 12.8 Å². The summed E-state index contributed by atoms with van der Waals surface area (Å²) in [6.07, 6.45) is 1.95. The van der Waals surface area contributed by atoms with Gasteiger partial charge in [0, 0.05) is 30.6 Å².